The zero-order chi connectivity index (χ0) is 54.1. The molecule has 0 amide bonds. The Morgan fingerprint density at radius 3 is 1.35 bits per heavy atom. The molecule has 6 aromatic rings. The van der Waals surface area contributed by atoms with Gasteiger partial charge in [-0.3, -0.25) is 0 Å². The Labute approximate surface area is 457 Å². The normalized spacial score (nSPS) is 22.9. The van der Waals surface area contributed by atoms with Gasteiger partial charge in [-0.15, -0.1) is 0 Å². The van der Waals surface area contributed by atoms with E-state index < -0.39 is 73.0 Å². The van der Waals surface area contributed by atoms with Gasteiger partial charge in [-0.05, 0) is 47.2 Å². The van der Waals surface area contributed by atoms with Gasteiger partial charge in [0.25, 0.3) is 0 Å². The standard InChI is InChI=1S/C64H69NO13/c1-43-53(62(66)68-3)55(54(44(2)65-43)63(67)69-4)58(73-38-48-29-17-8-18-30-48)60-57(51(42-76-60)71-36-46-25-13-6-14-26-46)78-64-61(75-40-50-33-21-10-22-34-50)59(74-39-49-31-19-9-20-32-49)56(72-37-47-27-15-7-16-28-47)52(77-64)41-70-35-45-23-11-5-12-24-45/h5-34,51-52,55-61,64-65H,35-42H2,1-4H3/t51-,52-,56+,57+,58+,59+,60+,61-,64+/m1/s1. The van der Waals surface area contributed by atoms with Gasteiger partial charge >= 0.3 is 11.9 Å². The van der Waals surface area contributed by atoms with Gasteiger partial charge in [0, 0.05) is 11.4 Å². The Bertz CT molecular complexity index is 2820. The van der Waals surface area contributed by atoms with E-state index in [4.69, 9.17) is 52.1 Å². The molecule has 0 unspecified atom stereocenters. The monoisotopic (exact) mass is 1060 g/mol. The lowest BCUT2D eigenvalue weighted by Crippen LogP contribution is -2.63. The second-order valence-electron chi connectivity index (χ2n) is 19.5. The van der Waals surface area contributed by atoms with Crippen molar-refractivity contribution in [2.45, 2.75) is 109 Å². The van der Waals surface area contributed by atoms with E-state index in [-0.39, 0.29) is 57.4 Å². The molecule has 14 heteroatoms. The minimum atomic E-state index is -1.20. The van der Waals surface area contributed by atoms with Gasteiger partial charge in [-0.2, -0.15) is 0 Å². The summed E-state index contributed by atoms with van der Waals surface area (Å²) in [5, 5.41) is 3.23. The highest BCUT2D eigenvalue weighted by molar-refractivity contribution is 5.98. The lowest BCUT2D eigenvalue weighted by Gasteiger charge is -2.47. The van der Waals surface area contributed by atoms with Crippen molar-refractivity contribution in [3.05, 3.63) is 238 Å². The number of rotatable bonds is 25. The molecule has 78 heavy (non-hydrogen) atoms. The molecule has 9 rings (SSSR count). The number of allylic oxidation sites excluding steroid dienone is 2. The summed E-state index contributed by atoms with van der Waals surface area (Å²) in [5.41, 5.74) is 6.84. The highest BCUT2D eigenvalue weighted by Crippen LogP contribution is 2.42. The van der Waals surface area contributed by atoms with Gasteiger partial charge < -0.3 is 57.4 Å². The van der Waals surface area contributed by atoms with Crippen LogP contribution in [0, 0.1) is 5.92 Å². The van der Waals surface area contributed by atoms with Gasteiger partial charge in [-0.25, -0.2) is 9.59 Å². The summed E-state index contributed by atoms with van der Waals surface area (Å²) in [6.07, 6.45) is -8.46. The van der Waals surface area contributed by atoms with E-state index in [1.165, 1.54) is 14.2 Å². The molecule has 3 heterocycles. The summed E-state index contributed by atoms with van der Waals surface area (Å²) in [6.45, 7) is 4.82. The van der Waals surface area contributed by atoms with E-state index in [1.807, 2.05) is 182 Å². The molecule has 0 bridgehead atoms. The topological polar surface area (TPSA) is 148 Å². The number of nitrogens with one attached hydrogen (secondary N) is 1. The number of hydrogen-bond donors (Lipinski definition) is 1. The quantitative estimate of drug-likeness (QED) is 0.0543. The summed E-state index contributed by atoms with van der Waals surface area (Å²) in [7, 11) is 2.61. The second kappa shape index (κ2) is 28.2. The van der Waals surface area contributed by atoms with Crippen molar-refractivity contribution < 1.29 is 61.7 Å². The van der Waals surface area contributed by atoms with Gasteiger partial charge in [-0.1, -0.05) is 182 Å². The van der Waals surface area contributed by atoms with Crippen LogP contribution in [0.25, 0.3) is 0 Å². The molecule has 408 valence electrons. The molecule has 3 aliphatic rings. The van der Waals surface area contributed by atoms with E-state index in [0.717, 1.165) is 33.4 Å². The van der Waals surface area contributed by atoms with Gasteiger partial charge in [0.2, 0.25) is 0 Å². The van der Waals surface area contributed by atoms with Crippen LogP contribution in [-0.4, -0.2) is 94.5 Å². The fraction of sp³-hybridized carbons (Fsp3) is 0.344. The van der Waals surface area contributed by atoms with Gasteiger partial charge in [0.1, 0.15) is 42.7 Å². The van der Waals surface area contributed by atoms with Crippen molar-refractivity contribution in [1.29, 1.82) is 0 Å². The van der Waals surface area contributed by atoms with Crippen molar-refractivity contribution >= 4 is 11.9 Å². The minimum absolute atomic E-state index is 0.0352. The molecule has 3 aliphatic heterocycles. The third-order valence-corrected chi connectivity index (χ3v) is 14.1. The number of methoxy groups -OCH3 is 2. The number of esters is 2. The first kappa shape index (κ1) is 55.9. The van der Waals surface area contributed by atoms with Crippen LogP contribution in [0.3, 0.4) is 0 Å². The van der Waals surface area contributed by atoms with E-state index in [0.29, 0.717) is 18.0 Å². The SMILES string of the molecule is COC(=O)C1=C(C)NC(C)=C(C(=O)OC)C1[C@H](OCc1ccccc1)[C@H]1OC[C@@H](OCc2ccccc2)[C@@H]1O[C@@H]1O[C@H](COCc2ccccc2)[C@H](OCc2ccccc2)[C@H](OCc2ccccc2)[C@H]1OCc1ccccc1. The summed E-state index contributed by atoms with van der Waals surface area (Å²) < 4.78 is 74.3. The first-order valence-electron chi connectivity index (χ1n) is 26.4. The summed E-state index contributed by atoms with van der Waals surface area (Å²) in [5.74, 6) is -2.42. The zero-order valence-electron chi connectivity index (χ0n) is 44.6. The Hall–Kier alpha value is -6.82. The Morgan fingerprint density at radius 2 is 0.897 bits per heavy atom. The average molecular weight is 1060 g/mol. The van der Waals surface area contributed by atoms with Crippen LogP contribution in [0.2, 0.25) is 0 Å². The number of ether oxygens (including phenoxy) is 11. The van der Waals surface area contributed by atoms with Crippen LogP contribution in [0.4, 0.5) is 0 Å². The summed E-state index contributed by atoms with van der Waals surface area (Å²) >= 11 is 0. The fourth-order valence-electron chi connectivity index (χ4n) is 10.3. The van der Waals surface area contributed by atoms with E-state index in [9.17, 15) is 9.59 Å². The molecule has 6 aromatic carbocycles. The van der Waals surface area contributed by atoms with Crippen LogP contribution in [0.1, 0.15) is 47.2 Å². The largest absolute Gasteiger partial charge is 0.466 e. The Balaban J connectivity index is 1.16. The Morgan fingerprint density at radius 1 is 0.500 bits per heavy atom. The molecule has 0 aromatic heterocycles. The maximum absolute atomic E-state index is 14.2. The molecule has 2 fully saturated rings. The van der Waals surface area contributed by atoms with Crippen LogP contribution in [-0.2, 0) is 101 Å². The molecule has 0 aliphatic carbocycles. The number of hydrogen-bond acceptors (Lipinski definition) is 14. The molecule has 9 atom stereocenters. The van der Waals surface area contributed by atoms with Crippen molar-refractivity contribution in [2.75, 3.05) is 27.4 Å². The smallest absolute Gasteiger partial charge is 0.336 e. The van der Waals surface area contributed by atoms with E-state index in [1.54, 1.807) is 13.8 Å². The zero-order valence-corrected chi connectivity index (χ0v) is 44.6. The number of dihydropyridines is 1. The van der Waals surface area contributed by atoms with Crippen LogP contribution >= 0.6 is 0 Å². The molecule has 2 saturated heterocycles. The molecule has 14 nitrogen and oxygen atoms in total. The third kappa shape index (κ3) is 14.5. The summed E-state index contributed by atoms with van der Waals surface area (Å²) in [4.78, 5) is 28.3. The number of carbonyl (C=O) groups excluding carboxylic acids is 2. The number of carbonyl (C=O) groups is 2. The van der Waals surface area contributed by atoms with Crippen molar-refractivity contribution in [2.24, 2.45) is 5.92 Å². The van der Waals surface area contributed by atoms with Gasteiger partial charge in [0.05, 0.1) is 90.2 Å². The Kier molecular flexibility index (Phi) is 20.2. The van der Waals surface area contributed by atoms with Crippen molar-refractivity contribution in [3.8, 4) is 0 Å². The van der Waals surface area contributed by atoms with Crippen molar-refractivity contribution in [3.63, 3.8) is 0 Å². The second-order valence-corrected chi connectivity index (χ2v) is 19.5. The highest BCUT2D eigenvalue weighted by Gasteiger charge is 2.56. The predicted molar refractivity (Wildman–Crippen MR) is 291 cm³/mol. The van der Waals surface area contributed by atoms with E-state index >= 15 is 0 Å². The van der Waals surface area contributed by atoms with Gasteiger partial charge in [0.15, 0.2) is 6.29 Å². The number of benzene rings is 6. The molecule has 0 radical (unpaired) electrons. The molecular formula is C64H69NO13. The molecular weight excluding hydrogens is 991 g/mol. The molecule has 0 spiro atoms. The van der Waals surface area contributed by atoms with Crippen molar-refractivity contribution in [1.82, 2.24) is 5.32 Å². The third-order valence-electron chi connectivity index (χ3n) is 14.1. The maximum atomic E-state index is 14.2. The molecule has 0 saturated carbocycles. The predicted octanol–water partition coefficient (Wildman–Crippen LogP) is 9.75. The fourth-order valence-corrected chi connectivity index (χ4v) is 10.3. The average Bonchev–Trinajstić information content (AvgIpc) is 3.93. The van der Waals surface area contributed by atoms with Crippen LogP contribution in [0.15, 0.2) is 205 Å². The van der Waals surface area contributed by atoms with E-state index in [2.05, 4.69) is 5.32 Å². The first-order chi connectivity index (χ1) is 38.3. The van der Waals surface area contributed by atoms with Crippen LogP contribution < -0.4 is 5.32 Å². The first-order valence-corrected chi connectivity index (χ1v) is 26.4. The minimum Gasteiger partial charge on any atom is -0.466 e. The summed E-state index contributed by atoms with van der Waals surface area (Å²) in [6, 6.07) is 59.1. The lowest BCUT2D eigenvalue weighted by atomic mass is 9.78. The van der Waals surface area contributed by atoms with Crippen LogP contribution in [0.5, 0.6) is 0 Å². The lowest BCUT2D eigenvalue weighted by molar-refractivity contribution is -0.343. The molecule has 1 N–H and O–H groups in total. The maximum Gasteiger partial charge on any atom is 0.336 e. The highest BCUT2D eigenvalue weighted by atomic mass is 16.7.